The highest BCUT2D eigenvalue weighted by Crippen LogP contribution is 2.26. The van der Waals surface area contributed by atoms with E-state index in [0.29, 0.717) is 12.8 Å². The molecular formula is C63H105NO10. The van der Waals surface area contributed by atoms with Gasteiger partial charge in [-0.05, 0) is 89.9 Å². The largest absolute Gasteiger partial charge is 0.454 e. The number of unbranched alkanes of at least 4 members (excludes halogenated alkanes) is 19. The highest BCUT2D eigenvalue weighted by molar-refractivity contribution is 5.80. The fourth-order valence-electron chi connectivity index (χ4n) is 8.38. The van der Waals surface area contributed by atoms with E-state index in [1.165, 1.54) is 44.9 Å². The first-order chi connectivity index (χ1) is 36.2. The minimum absolute atomic E-state index is 0.0769. The molecule has 1 aliphatic rings. The van der Waals surface area contributed by atoms with Crippen molar-refractivity contribution >= 4 is 11.9 Å². The third kappa shape index (κ3) is 38.0. The molecule has 0 radical (unpaired) electrons. The number of hydrogen-bond donors (Lipinski definition) is 6. The Morgan fingerprint density at radius 1 is 0.554 bits per heavy atom. The summed E-state index contributed by atoms with van der Waals surface area (Å²) in [6.07, 6.45) is 57.0. The van der Waals surface area contributed by atoms with Crippen LogP contribution >= 0.6 is 0 Å². The lowest BCUT2D eigenvalue weighted by atomic mass is 9.99. The SMILES string of the molecule is CC/C=C\C/C=C\C/C=C\C/C=C\C/C=C\CCCCCC(=O)OC1C(OCC(NC(=O)C(O)CCCCCCCC/C=C/C=C/C=C/CC)C(O)/C=C/CCCCCCCCCCCC)OC(CO)C(O)C1O. The molecule has 0 aromatic rings. The number of aliphatic hydroxyl groups is 5. The van der Waals surface area contributed by atoms with Gasteiger partial charge in [-0.2, -0.15) is 0 Å². The molecule has 1 rings (SSSR count). The van der Waals surface area contributed by atoms with Crippen molar-refractivity contribution in [2.45, 2.75) is 262 Å². The number of aliphatic hydroxyl groups excluding tert-OH is 5. The smallest absolute Gasteiger partial charge is 0.306 e. The summed E-state index contributed by atoms with van der Waals surface area (Å²) < 4.78 is 17.5. The lowest BCUT2D eigenvalue weighted by Gasteiger charge is -2.41. The second kappa shape index (κ2) is 50.2. The zero-order chi connectivity index (χ0) is 54.0. The Bertz CT molecular complexity index is 1610. The molecule has 74 heavy (non-hydrogen) atoms. The fraction of sp³-hybridized carbons (Fsp3) is 0.683. The number of hydrogen-bond acceptors (Lipinski definition) is 10. The summed E-state index contributed by atoms with van der Waals surface area (Å²) in [4.78, 5) is 26.5. The second-order valence-corrected chi connectivity index (χ2v) is 19.7. The van der Waals surface area contributed by atoms with Crippen LogP contribution in [0, 0.1) is 0 Å². The summed E-state index contributed by atoms with van der Waals surface area (Å²) in [7, 11) is 0. The average Bonchev–Trinajstić information content (AvgIpc) is 3.40. The number of ether oxygens (including phenoxy) is 3. The molecule has 1 fully saturated rings. The molecule has 1 heterocycles. The minimum Gasteiger partial charge on any atom is -0.454 e. The van der Waals surface area contributed by atoms with Crippen LogP contribution in [0.2, 0.25) is 0 Å². The maximum atomic E-state index is 13.4. The van der Waals surface area contributed by atoms with Gasteiger partial charge in [-0.1, -0.05) is 226 Å². The Morgan fingerprint density at radius 2 is 1.04 bits per heavy atom. The Morgan fingerprint density at radius 3 is 1.61 bits per heavy atom. The molecule has 11 heteroatoms. The van der Waals surface area contributed by atoms with Crippen molar-refractivity contribution in [1.29, 1.82) is 0 Å². The van der Waals surface area contributed by atoms with Crippen molar-refractivity contribution < 1.29 is 49.3 Å². The van der Waals surface area contributed by atoms with Crippen LogP contribution in [0.25, 0.3) is 0 Å². The maximum absolute atomic E-state index is 13.4. The van der Waals surface area contributed by atoms with Crippen LogP contribution in [0.5, 0.6) is 0 Å². The Balaban J connectivity index is 2.75. The van der Waals surface area contributed by atoms with Gasteiger partial charge in [0, 0.05) is 6.42 Å². The number of carbonyl (C=O) groups is 2. The fourth-order valence-corrected chi connectivity index (χ4v) is 8.38. The Labute approximate surface area is 449 Å². The summed E-state index contributed by atoms with van der Waals surface area (Å²) in [5.41, 5.74) is 0. The minimum atomic E-state index is -1.64. The molecule has 1 amide bonds. The van der Waals surface area contributed by atoms with Gasteiger partial charge in [-0.3, -0.25) is 9.59 Å². The monoisotopic (exact) mass is 1040 g/mol. The van der Waals surface area contributed by atoms with Gasteiger partial charge in [0.25, 0.3) is 0 Å². The van der Waals surface area contributed by atoms with Crippen LogP contribution < -0.4 is 5.32 Å². The number of rotatable bonds is 47. The maximum Gasteiger partial charge on any atom is 0.306 e. The van der Waals surface area contributed by atoms with Crippen molar-refractivity contribution in [2.24, 2.45) is 0 Å². The van der Waals surface area contributed by atoms with Gasteiger partial charge in [-0.25, -0.2) is 0 Å². The summed E-state index contributed by atoms with van der Waals surface area (Å²) in [6, 6.07) is -1.04. The quantitative estimate of drug-likeness (QED) is 0.0149. The molecule has 0 aromatic heterocycles. The molecule has 0 aliphatic carbocycles. The normalized spacial score (nSPS) is 20.1. The third-order valence-corrected chi connectivity index (χ3v) is 13.0. The molecule has 11 nitrogen and oxygen atoms in total. The third-order valence-electron chi connectivity index (χ3n) is 13.0. The lowest BCUT2D eigenvalue weighted by molar-refractivity contribution is -0.305. The zero-order valence-electron chi connectivity index (χ0n) is 46.4. The number of esters is 1. The van der Waals surface area contributed by atoms with Gasteiger partial charge in [0.15, 0.2) is 12.4 Å². The van der Waals surface area contributed by atoms with Crippen LogP contribution in [0.1, 0.15) is 213 Å². The molecule has 8 unspecified atom stereocenters. The van der Waals surface area contributed by atoms with Crippen molar-refractivity contribution in [2.75, 3.05) is 13.2 Å². The standard InChI is InChI=1S/C63H105NO10/c1-4-7-10-13-16-19-22-25-27-28-29-30-31-33-36-39-42-45-48-51-58(68)74-61-60(70)59(69)57(52-65)73-63(61)72-53-54(55(66)49-46-43-40-37-34-24-21-18-15-12-9-6-3)64-62(71)56(67)50-47-44-41-38-35-32-26-23-20-17-14-11-8-5-2/h7-8,10-11,14,16-17,19-20,23,25,27,29-30,33,36,46,49,54-57,59-61,63,65-67,69-70H,4-6,9,12-13,15,18,21-22,24,26,28,31-32,34-35,37-45,47-48,50-53H2,1-3H3,(H,64,71)/b10-7-,11-8+,17-14+,19-16-,23-20+,27-25-,30-29-,36-33-,49-46+. The molecule has 422 valence electrons. The molecule has 0 spiro atoms. The van der Waals surface area contributed by atoms with Gasteiger partial charge in [-0.15, -0.1) is 0 Å². The van der Waals surface area contributed by atoms with Gasteiger partial charge < -0.3 is 45.1 Å². The molecule has 0 saturated carbocycles. The highest BCUT2D eigenvalue weighted by atomic mass is 16.7. The number of nitrogens with one attached hydrogen (secondary N) is 1. The molecule has 6 N–H and O–H groups in total. The van der Waals surface area contributed by atoms with Crippen LogP contribution in [0.4, 0.5) is 0 Å². The van der Waals surface area contributed by atoms with E-state index < -0.39 is 67.4 Å². The number of allylic oxidation sites excluding steroid dienone is 17. The van der Waals surface area contributed by atoms with Crippen LogP contribution in [-0.2, 0) is 23.8 Å². The molecular weight excluding hydrogens is 931 g/mol. The Hall–Kier alpha value is -3.68. The van der Waals surface area contributed by atoms with E-state index >= 15 is 0 Å². The topological polar surface area (TPSA) is 175 Å². The van der Waals surface area contributed by atoms with Crippen LogP contribution in [0.15, 0.2) is 109 Å². The van der Waals surface area contributed by atoms with E-state index in [-0.39, 0.29) is 19.4 Å². The molecule has 8 atom stereocenters. The van der Waals surface area contributed by atoms with Crippen LogP contribution in [-0.4, -0.2) is 99.6 Å². The first kappa shape index (κ1) is 68.3. The van der Waals surface area contributed by atoms with Crippen LogP contribution in [0.3, 0.4) is 0 Å². The first-order valence-corrected chi connectivity index (χ1v) is 29.2. The van der Waals surface area contributed by atoms with Gasteiger partial charge in [0.1, 0.15) is 24.4 Å². The second-order valence-electron chi connectivity index (χ2n) is 19.7. The average molecular weight is 1040 g/mol. The van der Waals surface area contributed by atoms with Crippen molar-refractivity contribution in [1.82, 2.24) is 5.32 Å². The number of amides is 1. The summed E-state index contributed by atoms with van der Waals surface area (Å²) in [5.74, 6) is -1.25. The summed E-state index contributed by atoms with van der Waals surface area (Å²) in [6.45, 7) is 5.49. The summed E-state index contributed by atoms with van der Waals surface area (Å²) in [5, 5.41) is 56.8. The van der Waals surface area contributed by atoms with E-state index in [4.69, 9.17) is 14.2 Å². The number of carbonyl (C=O) groups excluding carboxylic acids is 2. The molecule has 1 aliphatic heterocycles. The van der Waals surface area contributed by atoms with Gasteiger partial charge in [0.2, 0.25) is 5.91 Å². The van der Waals surface area contributed by atoms with E-state index in [0.717, 1.165) is 122 Å². The molecule has 1 saturated heterocycles. The Kier molecular flexibility index (Phi) is 46.3. The van der Waals surface area contributed by atoms with E-state index in [2.05, 4.69) is 111 Å². The zero-order valence-corrected chi connectivity index (χ0v) is 46.4. The van der Waals surface area contributed by atoms with E-state index in [1.807, 2.05) is 18.2 Å². The van der Waals surface area contributed by atoms with Crippen molar-refractivity contribution in [3.8, 4) is 0 Å². The molecule has 0 bridgehead atoms. The lowest BCUT2D eigenvalue weighted by Crippen LogP contribution is -2.61. The predicted octanol–water partition coefficient (Wildman–Crippen LogP) is 13.3. The van der Waals surface area contributed by atoms with E-state index in [1.54, 1.807) is 6.08 Å². The van der Waals surface area contributed by atoms with Gasteiger partial charge >= 0.3 is 5.97 Å². The summed E-state index contributed by atoms with van der Waals surface area (Å²) >= 11 is 0. The van der Waals surface area contributed by atoms with E-state index in [9.17, 15) is 35.1 Å². The predicted molar refractivity (Wildman–Crippen MR) is 305 cm³/mol. The van der Waals surface area contributed by atoms with Crippen molar-refractivity contribution in [3.05, 3.63) is 109 Å². The van der Waals surface area contributed by atoms with Gasteiger partial charge in [0.05, 0.1) is 25.4 Å². The first-order valence-electron chi connectivity index (χ1n) is 29.2. The highest BCUT2D eigenvalue weighted by Gasteiger charge is 2.47. The molecule has 0 aromatic carbocycles. The van der Waals surface area contributed by atoms with Crippen molar-refractivity contribution in [3.63, 3.8) is 0 Å².